The van der Waals surface area contributed by atoms with Gasteiger partial charge in [0.15, 0.2) is 0 Å². The molecule has 0 spiro atoms. The van der Waals surface area contributed by atoms with E-state index in [0.29, 0.717) is 31.8 Å². The van der Waals surface area contributed by atoms with Crippen molar-refractivity contribution < 1.29 is 14.3 Å². The van der Waals surface area contributed by atoms with Gasteiger partial charge in [0.05, 0.1) is 24.5 Å². The fourth-order valence-electron chi connectivity index (χ4n) is 3.43. The second kappa shape index (κ2) is 9.19. The first kappa shape index (κ1) is 20.2. The molecule has 0 N–H and O–H groups in total. The molecule has 156 valence electrons. The Labute approximate surface area is 178 Å². The zero-order valence-corrected chi connectivity index (χ0v) is 17.5. The van der Waals surface area contributed by atoms with Crippen molar-refractivity contribution in [1.82, 2.24) is 24.6 Å². The molecule has 4 rings (SSSR count). The smallest absolute Gasteiger partial charge is 0.255 e. The lowest BCUT2D eigenvalue weighted by molar-refractivity contribution is -0.132. The highest BCUT2D eigenvalue weighted by atomic mass is 32.1. The predicted octanol–water partition coefficient (Wildman–Crippen LogP) is 1.95. The predicted molar refractivity (Wildman–Crippen MR) is 112 cm³/mol. The molecule has 0 unspecified atom stereocenters. The summed E-state index contributed by atoms with van der Waals surface area (Å²) in [6.45, 7) is 1.62. The summed E-state index contributed by atoms with van der Waals surface area (Å²) in [6.07, 6.45) is 6.77. The third kappa shape index (κ3) is 4.92. The molecule has 2 amide bonds. The van der Waals surface area contributed by atoms with Gasteiger partial charge in [-0.2, -0.15) is 16.4 Å². The van der Waals surface area contributed by atoms with Crippen molar-refractivity contribution in [2.24, 2.45) is 7.05 Å². The average molecular weight is 426 g/mol. The van der Waals surface area contributed by atoms with Crippen LogP contribution in [0.4, 0.5) is 0 Å². The van der Waals surface area contributed by atoms with E-state index in [0.717, 1.165) is 11.1 Å². The lowest BCUT2D eigenvalue weighted by Crippen LogP contribution is -2.39. The van der Waals surface area contributed by atoms with Gasteiger partial charge in [-0.1, -0.05) is 0 Å². The number of nitrogens with zero attached hydrogens (tertiary/aromatic N) is 5. The number of hydrogen-bond donors (Lipinski definition) is 0. The Morgan fingerprint density at radius 1 is 1.23 bits per heavy atom. The van der Waals surface area contributed by atoms with E-state index >= 15 is 0 Å². The van der Waals surface area contributed by atoms with Crippen LogP contribution in [-0.4, -0.2) is 62.1 Å². The van der Waals surface area contributed by atoms with Gasteiger partial charge in [-0.15, -0.1) is 0 Å². The number of amides is 2. The number of ether oxygens (including phenoxy) is 1. The van der Waals surface area contributed by atoms with E-state index in [1.54, 1.807) is 44.5 Å². The van der Waals surface area contributed by atoms with Gasteiger partial charge in [-0.05, 0) is 29.1 Å². The Morgan fingerprint density at radius 2 is 2.07 bits per heavy atom. The number of aromatic nitrogens is 3. The summed E-state index contributed by atoms with van der Waals surface area (Å²) in [5, 5.41) is 7.84. The van der Waals surface area contributed by atoms with Crippen molar-refractivity contribution in [3.05, 3.63) is 70.4 Å². The summed E-state index contributed by atoms with van der Waals surface area (Å²) in [7, 11) is 1.84. The molecule has 3 aromatic rings. The lowest BCUT2D eigenvalue weighted by atomic mass is 10.2. The minimum absolute atomic E-state index is 0.0318. The highest BCUT2D eigenvalue weighted by Gasteiger charge is 2.31. The topological polar surface area (TPSA) is 80.6 Å². The molecule has 3 aromatic heterocycles. The molecular formula is C21H23N5O3S. The fourth-order valence-corrected chi connectivity index (χ4v) is 4.06. The Bertz CT molecular complexity index is 989. The van der Waals surface area contributed by atoms with E-state index in [4.69, 9.17) is 4.74 Å². The lowest BCUT2D eigenvalue weighted by Gasteiger charge is -2.24. The highest BCUT2D eigenvalue weighted by molar-refractivity contribution is 7.08. The van der Waals surface area contributed by atoms with Gasteiger partial charge in [0, 0.05) is 56.2 Å². The Hall–Kier alpha value is -3.04. The Morgan fingerprint density at radius 3 is 2.77 bits per heavy atom. The van der Waals surface area contributed by atoms with Crippen LogP contribution in [0.15, 0.2) is 53.7 Å². The summed E-state index contributed by atoms with van der Waals surface area (Å²) in [5.41, 5.74) is 2.54. The molecule has 1 fully saturated rings. The molecule has 30 heavy (non-hydrogen) atoms. The minimum atomic E-state index is -0.302. The van der Waals surface area contributed by atoms with Gasteiger partial charge in [-0.25, -0.2) is 0 Å². The molecule has 1 saturated heterocycles. The summed E-state index contributed by atoms with van der Waals surface area (Å²) in [5.74, 6) is -0.247. The van der Waals surface area contributed by atoms with Gasteiger partial charge in [0.1, 0.15) is 6.54 Å². The van der Waals surface area contributed by atoms with Gasteiger partial charge in [0.25, 0.3) is 5.91 Å². The van der Waals surface area contributed by atoms with Crippen molar-refractivity contribution in [2.45, 2.75) is 19.3 Å². The molecule has 9 heteroatoms. The van der Waals surface area contributed by atoms with Crippen molar-refractivity contribution in [2.75, 3.05) is 19.6 Å². The molecule has 0 bridgehead atoms. The first-order valence-electron chi connectivity index (χ1n) is 9.66. The van der Waals surface area contributed by atoms with E-state index in [1.165, 1.54) is 11.3 Å². The Kier molecular flexibility index (Phi) is 6.20. The largest absolute Gasteiger partial charge is 0.370 e. The summed E-state index contributed by atoms with van der Waals surface area (Å²) in [4.78, 5) is 33.3. The number of hydrogen-bond acceptors (Lipinski definition) is 6. The van der Waals surface area contributed by atoms with Crippen LogP contribution >= 0.6 is 11.3 Å². The van der Waals surface area contributed by atoms with Gasteiger partial charge in [0.2, 0.25) is 5.91 Å². The maximum absolute atomic E-state index is 13.0. The molecule has 0 aliphatic carbocycles. The van der Waals surface area contributed by atoms with E-state index in [2.05, 4.69) is 10.1 Å². The average Bonchev–Trinajstić information content (AvgIpc) is 3.40. The van der Waals surface area contributed by atoms with Crippen molar-refractivity contribution in [3.63, 3.8) is 0 Å². The van der Waals surface area contributed by atoms with Crippen molar-refractivity contribution in [3.8, 4) is 0 Å². The van der Waals surface area contributed by atoms with Crippen LogP contribution < -0.4 is 0 Å². The van der Waals surface area contributed by atoms with Crippen LogP contribution in [-0.2, 0) is 29.7 Å². The SMILES string of the molecule is Cn1cc(CN2C[C@@H](OCc3ccncc3)CN(C(=O)c3ccsc3)CC2=O)cn1. The maximum Gasteiger partial charge on any atom is 0.255 e. The van der Waals surface area contributed by atoms with E-state index in [9.17, 15) is 9.59 Å². The third-order valence-corrected chi connectivity index (χ3v) is 5.63. The number of thiophene rings is 1. The van der Waals surface area contributed by atoms with Gasteiger partial charge < -0.3 is 14.5 Å². The molecule has 1 aliphatic rings. The third-order valence-electron chi connectivity index (χ3n) is 4.95. The zero-order chi connectivity index (χ0) is 20.9. The zero-order valence-electron chi connectivity index (χ0n) is 16.7. The molecule has 1 aliphatic heterocycles. The van der Waals surface area contributed by atoms with Crippen LogP contribution in [0, 0.1) is 0 Å². The second-order valence-electron chi connectivity index (χ2n) is 7.28. The standard InChI is InChI=1S/C21H23N5O3S/c1-24-9-17(8-23-24)10-25-11-19(29-14-16-2-5-22-6-3-16)12-26(13-20(25)27)21(28)18-4-7-30-15-18/h2-9,15,19H,10-14H2,1H3/t19-/m1/s1. The molecular weight excluding hydrogens is 402 g/mol. The molecule has 0 saturated carbocycles. The van der Waals surface area contributed by atoms with Gasteiger partial charge in [-0.3, -0.25) is 19.3 Å². The summed E-state index contributed by atoms with van der Waals surface area (Å²) < 4.78 is 7.84. The van der Waals surface area contributed by atoms with E-state index in [1.807, 2.05) is 30.8 Å². The van der Waals surface area contributed by atoms with Crippen LogP contribution in [0.25, 0.3) is 0 Å². The molecule has 4 heterocycles. The fraction of sp³-hybridized carbons (Fsp3) is 0.333. The molecule has 0 aromatic carbocycles. The number of carbonyl (C=O) groups excluding carboxylic acids is 2. The first-order chi connectivity index (χ1) is 14.6. The number of carbonyl (C=O) groups is 2. The molecule has 0 radical (unpaired) electrons. The maximum atomic E-state index is 13.0. The molecule has 8 nitrogen and oxygen atoms in total. The van der Waals surface area contributed by atoms with Gasteiger partial charge >= 0.3 is 0 Å². The summed E-state index contributed by atoms with van der Waals surface area (Å²) >= 11 is 1.46. The van der Waals surface area contributed by atoms with Crippen LogP contribution in [0.5, 0.6) is 0 Å². The number of rotatable bonds is 6. The van der Waals surface area contributed by atoms with Crippen molar-refractivity contribution >= 4 is 23.2 Å². The van der Waals surface area contributed by atoms with Crippen molar-refractivity contribution in [1.29, 1.82) is 0 Å². The highest BCUT2D eigenvalue weighted by Crippen LogP contribution is 2.17. The van der Waals surface area contributed by atoms with E-state index in [-0.39, 0.29) is 24.5 Å². The van der Waals surface area contributed by atoms with Crippen LogP contribution in [0.3, 0.4) is 0 Å². The van der Waals surface area contributed by atoms with Crippen LogP contribution in [0.1, 0.15) is 21.5 Å². The summed E-state index contributed by atoms with van der Waals surface area (Å²) in [6, 6.07) is 5.57. The first-order valence-corrected chi connectivity index (χ1v) is 10.6. The number of pyridine rings is 1. The van der Waals surface area contributed by atoms with Crippen LogP contribution in [0.2, 0.25) is 0 Å². The monoisotopic (exact) mass is 425 g/mol. The van der Waals surface area contributed by atoms with E-state index < -0.39 is 0 Å². The second-order valence-corrected chi connectivity index (χ2v) is 8.06. The Balaban J connectivity index is 1.51. The number of aryl methyl sites for hydroxylation is 1. The normalized spacial score (nSPS) is 17.2. The molecule has 1 atom stereocenters. The minimum Gasteiger partial charge on any atom is -0.370 e. The quantitative estimate of drug-likeness (QED) is 0.603.